The van der Waals surface area contributed by atoms with Gasteiger partial charge in [0.15, 0.2) is 0 Å². The molecule has 15 heavy (non-hydrogen) atoms. The van der Waals surface area contributed by atoms with E-state index in [-0.39, 0.29) is 6.04 Å². The van der Waals surface area contributed by atoms with Gasteiger partial charge < -0.3 is 10.3 Å². The molecule has 2 aromatic rings. The highest BCUT2D eigenvalue weighted by molar-refractivity contribution is 5.51. The average molecular weight is 207 g/mol. The van der Waals surface area contributed by atoms with E-state index in [4.69, 9.17) is 10.3 Å². The van der Waals surface area contributed by atoms with Crippen molar-refractivity contribution in [2.45, 2.75) is 26.4 Å². The summed E-state index contributed by atoms with van der Waals surface area (Å²) in [6, 6.07) is -0.243. The van der Waals surface area contributed by atoms with E-state index in [1.165, 1.54) is 0 Å². The van der Waals surface area contributed by atoms with Gasteiger partial charge in [0.25, 0.3) is 0 Å². The summed E-state index contributed by atoms with van der Waals surface area (Å²) in [6.45, 7) is 4.63. The fourth-order valence-electron chi connectivity index (χ4n) is 1.19. The van der Waals surface area contributed by atoms with Crippen molar-refractivity contribution in [2.24, 2.45) is 5.73 Å². The van der Waals surface area contributed by atoms with E-state index in [2.05, 4.69) is 15.2 Å². The van der Waals surface area contributed by atoms with Gasteiger partial charge in [-0.3, -0.25) is 4.68 Å². The third kappa shape index (κ3) is 1.89. The number of aryl methyl sites for hydroxylation is 1. The Morgan fingerprint density at radius 2 is 2.40 bits per heavy atom. The monoisotopic (exact) mass is 207 g/mol. The summed E-state index contributed by atoms with van der Waals surface area (Å²) in [6.07, 6.45) is 3.58. The number of rotatable bonds is 3. The standard InChI is InChI=1S/C9H13N5O/c1-3-14-5-7(4-11-14)8-12-9(6(2)10)15-13-8/h4-6H,3,10H2,1-2H3/t6-/m1/s1. The van der Waals surface area contributed by atoms with Crippen molar-refractivity contribution in [1.82, 2.24) is 19.9 Å². The minimum absolute atomic E-state index is 0.243. The summed E-state index contributed by atoms with van der Waals surface area (Å²) >= 11 is 0. The van der Waals surface area contributed by atoms with Gasteiger partial charge in [0.05, 0.1) is 17.8 Å². The van der Waals surface area contributed by atoms with Crippen molar-refractivity contribution in [1.29, 1.82) is 0 Å². The van der Waals surface area contributed by atoms with Crippen LogP contribution in [-0.2, 0) is 6.54 Å². The fourth-order valence-corrected chi connectivity index (χ4v) is 1.19. The molecule has 0 fully saturated rings. The molecule has 0 unspecified atom stereocenters. The topological polar surface area (TPSA) is 82.8 Å². The van der Waals surface area contributed by atoms with Crippen LogP contribution in [0.15, 0.2) is 16.9 Å². The zero-order valence-electron chi connectivity index (χ0n) is 8.71. The molecule has 0 spiro atoms. The van der Waals surface area contributed by atoms with Crippen molar-refractivity contribution >= 4 is 0 Å². The smallest absolute Gasteiger partial charge is 0.243 e. The summed E-state index contributed by atoms with van der Waals surface area (Å²) < 4.78 is 6.80. The molecular weight excluding hydrogens is 194 g/mol. The minimum Gasteiger partial charge on any atom is -0.337 e. The molecular formula is C9H13N5O. The van der Waals surface area contributed by atoms with Crippen LogP contribution in [0.5, 0.6) is 0 Å². The van der Waals surface area contributed by atoms with Crippen LogP contribution in [0.25, 0.3) is 11.4 Å². The number of hydrogen-bond donors (Lipinski definition) is 1. The summed E-state index contributed by atoms with van der Waals surface area (Å²) in [5.74, 6) is 0.969. The van der Waals surface area contributed by atoms with Gasteiger partial charge in [-0.05, 0) is 13.8 Å². The first-order chi connectivity index (χ1) is 7.20. The summed E-state index contributed by atoms with van der Waals surface area (Å²) in [5.41, 5.74) is 6.46. The Hall–Kier alpha value is -1.69. The van der Waals surface area contributed by atoms with E-state index < -0.39 is 0 Å². The SMILES string of the molecule is CCn1cc(-c2noc([C@@H](C)N)n2)cn1. The molecule has 0 aromatic carbocycles. The predicted octanol–water partition coefficient (Wildman–Crippen LogP) is 0.973. The lowest BCUT2D eigenvalue weighted by molar-refractivity contribution is 0.362. The lowest BCUT2D eigenvalue weighted by atomic mass is 10.3. The molecule has 0 aliphatic carbocycles. The molecule has 0 saturated carbocycles. The lowest BCUT2D eigenvalue weighted by Gasteiger charge is -1.92. The third-order valence-electron chi connectivity index (χ3n) is 2.05. The number of aromatic nitrogens is 4. The van der Waals surface area contributed by atoms with Crippen LogP contribution in [0.3, 0.4) is 0 Å². The Morgan fingerprint density at radius 3 is 2.93 bits per heavy atom. The van der Waals surface area contributed by atoms with Crippen LogP contribution in [-0.4, -0.2) is 19.9 Å². The van der Waals surface area contributed by atoms with E-state index in [0.717, 1.165) is 12.1 Å². The van der Waals surface area contributed by atoms with Crippen molar-refractivity contribution in [3.05, 3.63) is 18.3 Å². The van der Waals surface area contributed by atoms with Crippen molar-refractivity contribution in [3.63, 3.8) is 0 Å². The lowest BCUT2D eigenvalue weighted by Crippen LogP contribution is -2.04. The maximum absolute atomic E-state index is 5.62. The Bertz CT molecular complexity index is 445. The van der Waals surface area contributed by atoms with Gasteiger partial charge in [-0.1, -0.05) is 5.16 Å². The van der Waals surface area contributed by atoms with Crippen LogP contribution in [0.1, 0.15) is 25.8 Å². The van der Waals surface area contributed by atoms with Gasteiger partial charge in [0.1, 0.15) is 0 Å². The van der Waals surface area contributed by atoms with Crippen LogP contribution in [0.2, 0.25) is 0 Å². The van der Waals surface area contributed by atoms with Gasteiger partial charge in [-0.15, -0.1) is 0 Å². The second kappa shape index (κ2) is 3.82. The van der Waals surface area contributed by atoms with Crippen molar-refractivity contribution in [2.75, 3.05) is 0 Å². The summed E-state index contributed by atoms with van der Waals surface area (Å²) in [7, 11) is 0. The fraction of sp³-hybridized carbons (Fsp3) is 0.444. The molecule has 1 atom stereocenters. The molecule has 6 nitrogen and oxygen atoms in total. The van der Waals surface area contributed by atoms with Gasteiger partial charge in [-0.25, -0.2) is 0 Å². The van der Waals surface area contributed by atoms with Crippen molar-refractivity contribution in [3.8, 4) is 11.4 Å². The molecule has 2 N–H and O–H groups in total. The zero-order valence-corrected chi connectivity index (χ0v) is 8.71. The molecule has 0 amide bonds. The first-order valence-electron chi connectivity index (χ1n) is 4.82. The second-order valence-corrected chi connectivity index (χ2v) is 3.33. The molecule has 0 aliphatic heterocycles. The van der Waals surface area contributed by atoms with Crippen LogP contribution in [0, 0.1) is 0 Å². The molecule has 0 bridgehead atoms. The third-order valence-corrected chi connectivity index (χ3v) is 2.05. The van der Waals surface area contributed by atoms with E-state index >= 15 is 0 Å². The maximum Gasteiger partial charge on any atom is 0.243 e. The Labute approximate surface area is 87.1 Å². The van der Waals surface area contributed by atoms with Gasteiger partial charge in [0.2, 0.25) is 11.7 Å². The minimum atomic E-state index is -0.243. The van der Waals surface area contributed by atoms with Crippen molar-refractivity contribution < 1.29 is 4.52 Å². The normalized spacial score (nSPS) is 13.0. The average Bonchev–Trinajstić information content (AvgIpc) is 2.86. The van der Waals surface area contributed by atoms with E-state index in [1.807, 2.05) is 13.1 Å². The molecule has 2 rings (SSSR count). The first-order valence-corrected chi connectivity index (χ1v) is 4.82. The zero-order chi connectivity index (χ0) is 10.8. The maximum atomic E-state index is 5.62. The Kier molecular flexibility index (Phi) is 2.51. The Balaban J connectivity index is 2.28. The first kappa shape index (κ1) is 9.85. The molecule has 0 radical (unpaired) electrons. The van der Waals surface area contributed by atoms with E-state index in [9.17, 15) is 0 Å². The highest BCUT2D eigenvalue weighted by atomic mass is 16.5. The van der Waals surface area contributed by atoms with Crippen LogP contribution in [0.4, 0.5) is 0 Å². The molecule has 6 heteroatoms. The summed E-state index contributed by atoms with van der Waals surface area (Å²) in [5, 5.41) is 7.96. The van der Waals surface area contributed by atoms with Gasteiger partial charge in [-0.2, -0.15) is 10.1 Å². The number of hydrogen-bond acceptors (Lipinski definition) is 5. The highest BCUT2D eigenvalue weighted by Gasteiger charge is 2.12. The highest BCUT2D eigenvalue weighted by Crippen LogP contribution is 2.16. The molecule has 0 aliphatic rings. The summed E-state index contributed by atoms with van der Waals surface area (Å²) in [4.78, 5) is 4.17. The van der Waals surface area contributed by atoms with E-state index in [1.54, 1.807) is 17.8 Å². The number of nitrogens with zero attached hydrogens (tertiary/aromatic N) is 4. The van der Waals surface area contributed by atoms with Gasteiger partial charge in [0, 0.05) is 12.7 Å². The quantitative estimate of drug-likeness (QED) is 0.810. The van der Waals surface area contributed by atoms with E-state index in [0.29, 0.717) is 11.7 Å². The largest absolute Gasteiger partial charge is 0.337 e. The second-order valence-electron chi connectivity index (χ2n) is 3.33. The van der Waals surface area contributed by atoms with Crippen LogP contribution < -0.4 is 5.73 Å². The molecule has 2 aromatic heterocycles. The molecule has 80 valence electrons. The van der Waals surface area contributed by atoms with Crippen LogP contribution >= 0.6 is 0 Å². The van der Waals surface area contributed by atoms with Gasteiger partial charge >= 0.3 is 0 Å². The molecule has 0 saturated heterocycles. The Morgan fingerprint density at radius 1 is 1.60 bits per heavy atom. The molecule has 2 heterocycles. The number of nitrogens with two attached hydrogens (primary N) is 1. The predicted molar refractivity (Wildman–Crippen MR) is 53.8 cm³/mol.